The number of nitriles is 1. The molecule has 0 unspecified atom stereocenters. The molecule has 0 aliphatic heterocycles. The van der Waals surface area contributed by atoms with Gasteiger partial charge >= 0.3 is 0 Å². The van der Waals surface area contributed by atoms with Crippen molar-refractivity contribution in [2.45, 2.75) is 19.8 Å². The van der Waals surface area contributed by atoms with E-state index < -0.39 is 0 Å². The lowest BCUT2D eigenvalue weighted by Gasteiger charge is -2.13. The normalized spacial score (nSPS) is 10.0. The van der Waals surface area contributed by atoms with Crippen LogP contribution in [0.25, 0.3) is 0 Å². The van der Waals surface area contributed by atoms with Gasteiger partial charge in [0.1, 0.15) is 5.75 Å². The summed E-state index contributed by atoms with van der Waals surface area (Å²) in [4.78, 5) is 0. The van der Waals surface area contributed by atoms with E-state index >= 15 is 0 Å². The van der Waals surface area contributed by atoms with E-state index in [1.54, 1.807) is 13.2 Å². The molecule has 2 nitrogen and oxygen atoms in total. The topological polar surface area (TPSA) is 33.0 Å². The summed E-state index contributed by atoms with van der Waals surface area (Å²) in [6, 6.07) is 5.77. The second-order valence-electron chi connectivity index (χ2n) is 3.35. The minimum absolute atomic E-state index is 0.342. The van der Waals surface area contributed by atoms with Crippen LogP contribution in [0.15, 0.2) is 16.6 Å². The van der Waals surface area contributed by atoms with Gasteiger partial charge in [0, 0.05) is 0 Å². The maximum Gasteiger partial charge on any atom is 0.136 e. The Labute approximate surface area is 92.6 Å². The smallest absolute Gasteiger partial charge is 0.136 e. The Morgan fingerprint density at radius 1 is 1.43 bits per heavy atom. The fourth-order valence-corrected chi connectivity index (χ4v) is 1.96. The Kier molecular flexibility index (Phi) is 3.54. The number of hydrogen-bond acceptors (Lipinski definition) is 2. The number of ether oxygens (including phenoxy) is 1. The van der Waals surface area contributed by atoms with Crippen LogP contribution in [0.5, 0.6) is 5.75 Å². The third-order valence-electron chi connectivity index (χ3n) is 2.03. The van der Waals surface area contributed by atoms with Crippen molar-refractivity contribution in [1.82, 2.24) is 0 Å². The van der Waals surface area contributed by atoms with E-state index in [2.05, 4.69) is 35.8 Å². The molecule has 0 saturated heterocycles. The fraction of sp³-hybridized carbons (Fsp3) is 0.364. The van der Waals surface area contributed by atoms with Gasteiger partial charge in [0.25, 0.3) is 0 Å². The molecule has 14 heavy (non-hydrogen) atoms. The van der Waals surface area contributed by atoms with E-state index in [-0.39, 0.29) is 0 Å². The largest absolute Gasteiger partial charge is 0.495 e. The molecule has 0 spiro atoms. The minimum Gasteiger partial charge on any atom is -0.495 e. The Morgan fingerprint density at radius 3 is 2.50 bits per heavy atom. The molecule has 0 heterocycles. The van der Waals surface area contributed by atoms with Gasteiger partial charge in [-0.25, -0.2) is 0 Å². The van der Waals surface area contributed by atoms with Gasteiger partial charge in [0.2, 0.25) is 0 Å². The average molecular weight is 254 g/mol. The standard InChI is InChI=1S/C11H12BrNO/c1-7(2)9-4-8(6-13)5-10(12)11(9)14-3/h4-5,7H,1-3H3. The van der Waals surface area contributed by atoms with Crippen LogP contribution in [0.4, 0.5) is 0 Å². The zero-order valence-electron chi connectivity index (χ0n) is 8.47. The quantitative estimate of drug-likeness (QED) is 0.809. The third-order valence-corrected chi connectivity index (χ3v) is 2.62. The van der Waals surface area contributed by atoms with E-state index in [1.165, 1.54) is 0 Å². The van der Waals surface area contributed by atoms with Crippen LogP contribution in [0.2, 0.25) is 0 Å². The van der Waals surface area contributed by atoms with Crippen molar-refractivity contribution in [2.75, 3.05) is 7.11 Å². The molecule has 1 aromatic rings. The first-order chi connectivity index (χ1) is 6.60. The summed E-state index contributed by atoms with van der Waals surface area (Å²) in [5.74, 6) is 1.16. The second kappa shape index (κ2) is 4.47. The maximum absolute atomic E-state index is 8.82. The average Bonchev–Trinajstić information content (AvgIpc) is 2.16. The van der Waals surface area contributed by atoms with Crippen LogP contribution in [0, 0.1) is 11.3 Å². The van der Waals surface area contributed by atoms with Crippen LogP contribution >= 0.6 is 15.9 Å². The van der Waals surface area contributed by atoms with Crippen LogP contribution < -0.4 is 4.74 Å². The van der Waals surface area contributed by atoms with Crippen molar-refractivity contribution >= 4 is 15.9 Å². The van der Waals surface area contributed by atoms with Crippen LogP contribution in [-0.4, -0.2) is 7.11 Å². The van der Waals surface area contributed by atoms with E-state index in [1.807, 2.05) is 6.07 Å². The Morgan fingerprint density at radius 2 is 2.07 bits per heavy atom. The molecule has 0 aliphatic carbocycles. The van der Waals surface area contributed by atoms with Gasteiger partial charge in [-0.2, -0.15) is 5.26 Å². The van der Waals surface area contributed by atoms with Crippen LogP contribution in [0.1, 0.15) is 30.9 Å². The van der Waals surface area contributed by atoms with Gasteiger partial charge in [0.15, 0.2) is 0 Å². The first-order valence-corrected chi connectivity index (χ1v) is 5.17. The molecule has 0 aliphatic rings. The van der Waals surface area contributed by atoms with Gasteiger partial charge in [0.05, 0.1) is 23.2 Å². The highest BCUT2D eigenvalue weighted by molar-refractivity contribution is 9.10. The molecule has 0 atom stereocenters. The van der Waals surface area contributed by atoms with Crippen LogP contribution in [-0.2, 0) is 0 Å². The summed E-state index contributed by atoms with van der Waals surface area (Å²) >= 11 is 3.39. The molecular formula is C11H12BrNO. The van der Waals surface area contributed by atoms with Gasteiger partial charge < -0.3 is 4.74 Å². The Hall–Kier alpha value is -1.01. The van der Waals surface area contributed by atoms with Gasteiger partial charge in [-0.1, -0.05) is 13.8 Å². The predicted octanol–water partition coefficient (Wildman–Crippen LogP) is 3.45. The molecule has 1 aromatic carbocycles. The first-order valence-electron chi connectivity index (χ1n) is 4.37. The number of benzene rings is 1. The summed E-state index contributed by atoms with van der Waals surface area (Å²) in [6.45, 7) is 4.15. The second-order valence-corrected chi connectivity index (χ2v) is 4.20. The number of nitrogens with zero attached hydrogens (tertiary/aromatic N) is 1. The number of rotatable bonds is 2. The predicted molar refractivity (Wildman–Crippen MR) is 59.5 cm³/mol. The van der Waals surface area contributed by atoms with E-state index in [4.69, 9.17) is 10.00 Å². The minimum atomic E-state index is 0.342. The maximum atomic E-state index is 8.82. The van der Waals surface area contributed by atoms with Crippen molar-refractivity contribution < 1.29 is 4.74 Å². The Bertz CT molecular complexity index is 380. The van der Waals surface area contributed by atoms with E-state index in [9.17, 15) is 0 Å². The molecule has 0 amide bonds. The molecule has 74 valence electrons. The van der Waals surface area contributed by atoms with Crippen LogP contribution in [0.3, 0.4) is 0 Å². The monoisotopic (exact) mass is 253 g/mol. The molecule has 0 aromatic heterocycles. The van der Waals surface area contributed by atoms with E-state index in [0.717, 1.165) is 15.8 Å². The summed E-state index contributed by atoms with van der Waals surface area (Å²) in [5, 5.41) is 8.82. The van der Waals surface area contributed by atoms with Gasteiger partial charge in [-0.05, 0) is 39.5 Å². The molecular weight excluding hydrogens is 242 g/mol. The molecule has 0 fully saturated rings. The summed E-state index contributed by atoms with van der Waals surface area (Å²) in [6.07, 6.45) is 0. The number of methoxy groups -OCH3 is 1. The number of hydrogen-bond donors (Lipinski definition) is 0. The van der Waals surface area contributed by atoms with Gasteiger partial charge in [-0.3, -0.25) is 0 Å². The zero-order valence-corrected chi connectivity index (χ0v) is 10.1. The van der Waals surface area contributed by atoms with Crippen molar-refractivity contribution in [2.24, 2.45) is 0 Å². The van der Waals surface area contributed by atoms with Crippen molar-refractivity contribution in [3.63, 3.8) is 0 Å². The first kappa shape index (κ1) is 11.1. The zero-order chi connectivity index (χ0) is 10.7. The third kappa shape index (κ3) is 2.08. The van der Waals surface area contributed by atoms with Gasteiger partial charge in [-0.15, -0.1) is 0 Å². The highest BCUT2D eigenvalue weighted by Gasteiger charge is 2.12. The highest BCUT2D eigenvalue weighted by atomic mass is 79.9. The lowest BCUT2D eigenvalue weighted by Crippen LogP contribution is -1.96. The molecule has 0 saturated carbocycles. The molecule has 3 heteroatoms. The van der Waals surface area contributed by atoms with Crippen molar-refractivity contribution in [3.8, 4) is 11.8 Å². The summed E-state index contributed by atoms with van der Waals surface area (Å²) < 4.78 is 6.12. The lowest BCUT2D eigenvalue weighted by atomic mass is 10.00. The fourth-order valence-electron chi connectivity index (χ4n) is 1.32. The number of halogens is 1. The SMILES string of the molecule is COc1c(Br)cc(C#N)cc1C(C)C. The summed E-state index contributed by atoms with van der Waals surface area (Å²) in [7, 11) is 1.64. The van der Waals surface area contributed by atoms with E-state index in [0.29, 0.717) is 11.5 Å². The molecule has 1 rings (SSSR count). The van der Waals surface area contributed by atoms with Crippen molar-refractivity contribution in [1.29, 1.82) is 5.26 Å². The van der Waals surface area contributed by atoms with Crippen molar-refractivity contribution in [3.05, 3.63) is 27.7 Å². The molecule has 0 radical (unpaired) electrons. The highest BCUT2D eigenvalue weighted by Crippen LogP contribution is 2.34. The Balaban J connectivity index is 3.37. The summed E-state index contributed by atoms with van der Waals surface area (Å²) in [5.41, 5.74) is 1.71. The molecule has 0 N–H and O–H groups in total. The molecule has 0 bridgehead atoms. The lowest BCUT2D eigenvalue weighted by molar-refractivity contribution is 0.405.